The lowest BCUT2D eigenvalue weighted by Gasteiger charge is -2.08. The third kappa shape index (κ3) is 5.04. The first-order valence-corrected chi connectivity index (χ1v) is 7.93. The van der Waals surface area contributed by atoms with Gasteiger partial charge in [0.2, 0.25) is 0 Å². The number of benzene rings is 2. The number of hydrogen-bond acceptors (Lipinski definition) is 5. The first-order valence-electron chi connectivity index (χ1n) is 7.93. The third-order valence-corrected chi connectivity index (χ3v) is 3.35. The average Bonchev–Trinajstić information content (AvgIpc) is 2.67. The molecule has 0 unspecified atom stereocenters. The van der Waals surface area contributed by atoms with Crippen molar-refractivity contribution >= 4 is 17.4 Å². The number of ether oxygens (including phenoxy) is 1. The van der Waals surface area contributed by atoms with Crippen molar-refractivity contribution in [3.05, 3.63) is 78.5 Å². The Morgan fingerprint density at radius 1 is 0.880 bits per heavy atom. The summed E-state index contributed by atoms with van der Waals surface area (Å²) in [6, 6.07) is 22.2. The number of nitrogens with zero attached hydrogens (tertiary/aromatic N) is 2. The smallest absolute Gasteiger partial charge is 0.276 e. The van der Waals surface area contributed by atoms with Gasteiger partial charge in [-0.2, -0.15) is 0 Å². The maximum atomic E-state index is 12.1. The molecule has 25 heavy (non-hydrogen) atoms. The Morgan fingerprint density at radius 3 is 2.28 bits per heavy atom. The second-order valence-electron chi connectivity index (χ2n) is 5.21. The Labute approximate surface area is 145 Å². The van der Waals surface area contributed by atoms with Crippen molar-refractivity contribution in [3.8, 4) is 5.75 Å². The van der Waals surface area contributed by atoms with Crippen LogP contribution in [0.3, 0.4) is 0 Å². The molecule has 1 aromatic heterocycles. The fourth-order valence-electron chi connectivity index (χ4n) is 2.13. The van der Waals surface area contributed by atoms with Crippen molar-refractivity contribution < 1.29 is 9.53 Å². The van der Waals surface area contributed by atoms with Gasteiger partial charge >= 0.3 is 0 Å². The highest BCUT2D eigenvalue weighted by Crippen LogP contribution is 2.09. The van der Waals surface area contributed by atoms with E-state index in [1.165, 1.54) is 0 Å². The second kappa shape index (κ2) is 8.44. The van der Waals surface area contributed by atoms with E-state index in [0.717, 1.165) is 11.4 Å². The highest BCUT2D eigenvalue weighted by Gasteiger charge is 2.08. The quantitative estimate of drug-likeness (QED) is 0.649. The molecule has 0 radical (unpaired) electrons. The van der Waals surface area contributed by atoms with Crippen molar-refractivity contribution in [1.29, 1.82) is 0 Å². The van der Waals surface area contributed by atoms with E-state index in [1.54, 1.807) is 12.1 Å². The number of anilines is 2. The van der Waals surface area contributed by atoms with Gasteiger partial charge in [0.25, 0.3) is 5.91 Å². The molecule has 0 atom stereocenters. The molecule has 2 N–H and O–H groups in total. The molecular weight excluding hydrogens is 316 g/mol. The van der Waals surface area contributed by atoms with Gasteiger partial charge in [-0.05, 0) is 36.4 Å². The Bertz CT molecular complexity index is 793. The van der Waals surface area contributed by atoms with Crippen LogP contribution in [0.5, 0.6) is 5.75 Å². The van der Waals surface area contributed by atoms with E-state index in [0.29, 0.717) is 19.0 Å². The van der Waals surface area contributed by atoms with E-state index >= 15 is 0 Å². The lowest BCUT2D eigenvalue weighted by atomic mass is 10.3. The highest BCUT2D eigenvalue weighted by molar-refractivity contribution is 6.02. The van der Waals surface area contributed by atoms with Crippen molar-refractivity contribution in [3.63, 3.8) is 0 Å². The Balaban J connectivity index is 1.46. The molecule has 0 aliphatic carbocycles. The number of rotatable bonds is 7. The largest absolute Gasteiger partial charge is 0.492 e. The molecular formula is C19H18N4O2. The summed E-state index contributed by atoms with van der Waals surface area (Å²) in [7, 11) is 0. The van der Waals surface area contributed by atoms with Crippen LogP contribution in [0.2, 0.25) is 0 Å². The number of carbonyl (C=O) groups excluding carboxylic acids is 1. The lowest BCUT2D eigenvalue weighted by Crippen LogP contribution is -2.16. The van der Waals surface area contributed by atoms with Crippen LogP contribution in [-0.4, -0.2) is 29.3 Å². The predicted molar refractivity (Wildman–Crippen MR) is 96.9 cm³/mol. The molecule has 1 heterocycles. The van der Waals surface area contributed by atoms with E-state index in [9.17, 15) is 4.79 Å². The molecule has 3 aromatic rings. The maximum absolute atomic E-state index is 12.1. The molecule has 0 aliphatic heterocycles. The summed E-state index contributed by atoms with van der Waals surface area (Å²) in [6.07, 6.45) is 0. The van der Waals surface area contributed by atoms with Gasteiger partial charge in [-0.25, -0.2) is 0 Å². The fraction of sp³-hybridized carbons (Fsp3) is 0.105. The number of nitrogens with one attached hydrogen (secondary N) is 2. The molecule has 3 rings (SSSR count). The normalized spacial score (nSPS) is 10.1. The van der Waals surface area contributed by atoms with E-state index in [4.69, 9.17) is 4.74 Å². The molecule has 0 saturated heterocycles. The SMILES string of the molecule is O=C(Nc1ccccc1)c1ccc(NCCOc2ccccc2)nn1. The van der Waals surface area contributed by atoms with Crippen LogP contribution in [0, 0.1) is 0 Å². The van der Waals surface area contributed by atoms with Gasteiger partial charge in [-0.15, -0.1) is 10.2 Å². The van der Waals surface area contributed by atoms with Gasteiger partial charge in [-0.3, -0.25) is 4.79 Å². The van der Waals surface area contributed by atoms with Crippen molar-refractivity contribution in [2.75, 3.05) is 23.8 Å². The molecule has 0 aliphatic rings. The zero-order valence-electron chi connectivity index (χ0n) is 13.6. The Kier molecular flexibility index (Phi) is 5.56. The summed E-state index contributed by atoms with van der Waals surface area (Å²) >= 11 is 0. The minimum absolute atomic E-state index is 0.259. The topological polar surface area (TPSA) is 76.1 Å². The highest BCUT2D eigenvalue weighted by atomic mass is 16.5. The number of aromatic nitrogens is 2. The number of carbonyl (C=O) groups is 1. The van der Waals surface area contributed by atoms with Crippen LogP contribution in [-0.2, 0) is 0 Å². The third-order valence-electron chi connectivity index (χ3n) is 3.35. The van der Waals surface area contributed by atoms with Gasteiger partial charge in [0.1, 0.15) is 18.2 Å². The van der Waals surface area contributed by atoms with Crippen molar-refractivity contribution in [2.24, 2.45) is 0 Å². The number of amides is 1. The first-order chi connectivity index (χ1) is 12.3. The molecule has 1 amide bonds. The second-order valence-corrected chi connectivity index (χ2v) is 5.21. The summed E-state index contributed by atoms with van der Waals surface area (Å²) in [5.74, 6) is 1.12. The molecule has 0 fully saturated rings. The molecule has 126 valence electrons. The van der Waals surface area contributed by atoms with E-state index in [2.05, 4.69) is 20.8 Å². The van der Waals surface area contributed by atoms with Gasteiger partial charge in [-0.1, -0.05) is 36.4 Å². The number of hydrogen-bond donors (Lipinski definition) is 2. The molecule has 0 saturated carbocycles. The van der Waals surface area contributed by atoms with Gasteiger partial charge in [0.15, 0.2) is 5.69 Å². The monoisotopic (exact) mass is 334 g/mol. The van der Waals surface area contributed by atoms with E-state index in [-0.39, 0.29) is 11.6 Å². The molecule has 0 bridgehead atoms. The zero-order valence-corrected chi connectivity index (χ0v) is 13.6. The summed E-state index contributed by atoms with van der Waals surface area (Å²) in [4.78, 5) is 12.1. The summed E-state index contributed by atoms with van der Waals surface area (Å²) < 4.78 is 5.58. The van der Waals surface area contributed by atoms with Crippen LogP contribution in [0.1, 0.15) is 10.5 Å². The summed E-state index contributed by atoms with van der Waals surface area (Å²) in [5.41, 5.74) is 0.976. The van der Waals surface area contributed by atoms with Crippen molar-refractivity contribution in [1.82, 2.24) is 10.2 Å². The molecule has 6 nitrogen and oxygen atoms in total. The van der Waals surface area contributed by atoms with Gasteiger partial charge in [0.05, 0.1) is 6.54 Å². The average molecular weight is 334 g/mol. The van der Waals surface area contributed by atoms with Crippen molar-refractivity contribution in [2.45, 2.75) is 0 Å². The fourth-order valence-corrected chi connectivity index (χ4v) is 2.13. The van der Waals surface area contributed by atoms with Gasteiger partial charge in [0, 0.05) is 5.69 Å². The van der Waals surface area contributed by atoms with Crippen LogP contribution < -0.4 is 15.4 Å². The maximum Gasteiger partial charge on any atom is 0.276 e. The minimum Gasteiger partial charge on any atom is -0.492 e. The zero-order chi connectivity index (χ0) is 17.3. The minimum atomic E-state index is -0.294. The number of para-hydroxylation sites is 2. The molecule has 0 spiro atoms. The predicted octanol–water partition coefficient (Wildman–Crippen LogP) is 3.22. The summed E-state index contributed by atoms with van der Waals surface area (Å²) in [5, 5.41) is 13.8. The molecule has 6 heteroatoms. The van der Waals surface area contributed by atoms with Crippen LogP contribution in [0.15, 0.2) is 72.8 Å². The lowest BCUT2D eigenvalue weighted by molar-refractivity contribution is 0.102. The Morgan fingerprint density at radius 2 is 1.60 bits per heavy atom. The van der Waals surface area contributed by atoms with E-state index in [1.807, 2.05) is 60.7 Å². The van der Waals surface area contributed by atoms with Gasteiger partial charge < -0.3 is 15.4 Å². The standard InChI is InChI=1S/C19H18N4O2/c24-19(21-15-7-3-1-4-8-15)17-11-12-18(23-22-17)20-13-14-25-16-9-5-2-6-10-16/h1-12H,13-14H2,(H,20,23)(H,21,24). The van der Waals surface area contributed by atoms with Crippen LogP contribution >= 0.6 is 0 Å². The van der Waals surface area contributed by atoms with E-state index < -0.39 is 0 Å². The van der Waals surface area contributed by atoms with Crippen LogP contribution in [0.4, 0.5) is 11.5 Å². The summed E-state index contributed by atoms with van der Waals surface area (Å²) in [6.45, 7) is 1.08. The Hall–Kier alpha value is -3.41. The first kappa shape index (κ1) is 16.4. The van der Waals surface area contributed by atoms with Crippen LogP contribution in [0.25, 0.3) is 0 Å². The molecule has 2 aromatic carbocycles.